The number of ether oxygens (including phenoxy) is 1. The first-order chi connectivity index (χ1) is 8.46. The molecule has 0 radical (unpaired) electrons. The van der Waals surface area contributed by atoms with E-state index in [-0.39, 0.29) is 11.5 Å². The van der Waals surface area contributed by atoms with Gasteiger partial charge in [-0.3, -0.25) is 5.32 Å². The second-order valence-electron chi connectivity index (χ2n) is 4.08. The highest BCUT2D eigenvalue weighted by Gasteiger charge is 2.39. The van der Waals surface area contributed by atoms with Crippen LogP contribution in [0.1, 0.15) is 0 Å². The van der Waals surface area contributed by atoms with Crippen LogP contribution in [-0.4, -0.2) is 43.3 Å². The summed E-state index contributed by atoms with van der Waals surface area (Å²) in [6, 6.07) is 8.62. The Morgan fingerprint density at radius 1 is 1.28 bits per heavy atom. The van der Waals surface area contributed by atoms with E-state index in [1.807, 2.05) is 0 Å². The molecule has 0 saturated carbocycles. The minimum atomic E-state index is -3.32. The second kappa shape index (κ2) is 4.95. The molecule has 2 N–H and O–H groups in total. The number of hydrogen-bond donors (Lipinski definition) is 2. The number of aliphatic hydroxyl groups excluding tert-OH is 1. The highest BCUT2D eigenvalue weighted by atomic mass is 32.2. The van der Waals surface area contributed by atoms with E-state index in [1.165, 1.54) is 0 Å². The normalized spacial score (nSPS) is 25.6. The van der Waals surface area contributed by atoms with E-state index >= 15 is 0 Å². The summed E-state index contributed by atoms with van der Waals surface area (Å²) in [6.45, 7) is 0. The number of sulfone groups is 1. The van der Waals surface area contributed by atoms with Crippen LogP contribution < -0.4 is 5.32 Å². The van der Waals surface area contributed by atoms with Gasteiger partial charge in [-0.05, 0) is 12.1 Å². The highest BCUT2D eigenvalue weighted by molar-refractivity contribution is 7.91. The molecule has 1 aromatic rings. The average Bonchev–Trinajstić information content (AvgIpc) is 2.53. The van der Waals surface area contributed by atoms with E-state index in [9.17, 15) is 18.3 Å². The maximum absolute atomic E-state index is 11.5. The molecule has 2 atom stereocenters. The molecule has 0 bridgehead atoms. The van der Waals surface area contributed by atoms with Gasteiger partial charge in [0.05, 0.1) is 11.5 Å². The van der Waals surface area contributed by atoms with E-state index in [4.69, 9.17) is 4.74 Å². The van der Waals surface area contributed by atoms with E-state index in [0.29, 0.717) is 5.69 Å². The fourth-order valence-corrected chi connectivity index (χ4v) is 3.38. The van der Waals surface area contributed by atoms with E-state index in [0.717, 1.165) is 0 Å². The van der Waals surface area contributed by atoms with Crippen molar-refractivity contribution in [2.24, 2.45) is 0 Å². The van der Waals surface area contributed by atoms with Crippen molar-refractivity contribution in [3.8, 4) is 0 Å². The molecule has 1 saturated heterocycles. The first-order valence-corrected chi connectivity index (χ1v) is 7.19. The Bertz CT molecular complexity index is 528. The SMILES string of the molecule is O=C(Nc1ccccc1)O[C@@H]1CS(=O)(=O)C[C@H]1O. The zero-order chi connectivity index (χ0) is 13.2. The van der Waals surface area contributed by atoms with Gasteiger partial charge < -0.3 is 9.84 Å². The molecule has 1 amide bonds. The van der Waals surface area contributed by atoms with Crippen molar-refractivity contribution in [1.29, 1.82) is 0 Å². The zero-order valence-electron chi connectivity index (χ0n) is 9.44. The molecule has 1 aliphatic rings. The molecule has 1 fully saturated rings. The monoisotopic (exact) mass is 271 g/mol. The molecule has 2 rings (SSSR count). The third-order valence-electron chi connectivity index (χ3n) is 2.55. The van der Waals surface area contributed by atoms with Crippen LogP contribution in [0.2, 0.25) is 0 Å². The Labute approximate surface area is 104 Å². The highest BCUT2D eigenvalue weighted by Crippen LogP contribution is 2.16. The quantitative estimate of drug-likeness (QED) is 0.812. The van der Waals surface area contributed by atoms with Gasteiger partial charge in [-0.2, -0.15) is 0 Å². The first-order valence-electron chi connectivity index (χ1n) is 5.37. The number of benzene rings is 1. The standard InChI is InChI=1S/C11H13NO5S/c13-9-6-18(15,16)7-10(9)17-11(14)12-8-4-2-1-3-5-8/h1-5,9-10,13H,6-7H2,(H,12,14)/t9-,10-/m1/s1. The Balaban J connectivity index is 1.93. The van der Waals surface area contributed by atoms with Crippen molar-refractivity contribution in [3.05, 3.63) is 30.3 Å². The number of hydrogen-bond acceptors (Lipinski definition) is 5. The van der Waals surface area contributed by atoms with Crippen LogP contribution in [0.15, 0.2) is 30.3 Å². The largest absolute Gasteiger partial charge is 0.442 e. The van der Waals surface area contributed by atoms with Crippen molar-refractivity contribution in [2.45, 2.75) is 12.2 Å². The van der Waals surface area contributed by atoms with E-state index in [1.54, 1.807) is 30.3 Å². The number of rotatable bonds is 2. The summed E-state index contributed by atoms with van der Waals surface area (Å²) in [5, 5.41) is 11.9. The van der Waals surface area contributed by atoms with Gasteiger partial charge in [-0.1, -0.05) is 18.2 Å². The van der Waals surface area contributed by atoms with Gasteiger partial charge in [0, 0.05) is 5.69 Å². The molecule has 1 aromatic carbocycles. The van der Waals surface area contributed by atoms with Crippen LogP contribution in [-0.2, 0) is 14.6 Å². The summed E-state index contributed by atoms with van der Waals surface area (Å²) in [7, 11) is -3.32. The lowest BCUT2D eigenvalue weighted by Crippen LogP contribution is -2.31. The lowest BCUT2D eigenvalue weighted by atomic mass is 10.3. The van der Waals surface area contributed by atoms with Crippen molar-refractivity contribution >= 4 is 21.6 Å². The minimum Gasteiger partial charge on any atom is -0.442 e. The number of carbonyl (C=O) groups excluding carboxylic acids is 1. The number of para-hydroxylation sites is 1. The van der Waals surface area contributed by atoms with Crippen molar-refractivity contribution in [2.75, 3.05) is 16.8 Å². The van der Waals surface area contributed by atoms with Crippen molar-refractivity contribution < 1.29 is 23.1 Å². The number of nitrogens with one attached hydrogen (secondary N) is 1. The van der Waals surface area contributed by atoms with Gasteiger partial charge in [0.25, 0.3) is 0 Å². The molecular formula is C11H13NO5S. The van der Waals surface area contributed by atoms with Crippen LogP contribution in [0.3, 0.4) is 0 Å². The van der Waals surface area contributed by atoms with Gasteiger partial charge in [0.15, 0.2) is 9.84 Å². The third kappa shape index (κ3) is 3.21. The summed E-state index contributed by atoms with van der Waals surface area (Å²) in [5.74, 6) is -0.702. The summed E-state index contributed by atoms with van der Waals surface area (Å²) >= 11 is 0. The van der Waals surface area contributed by atoms with Crippen LogP contribution in [0.5, 0.6) is 0 Å². The van der Waals surface area contributed by atoms with Gasteiger partial charge in [-0.15, -0.1) is 0 Å². The predicted molar refractivity (Wildman–Crippen MR) is 65.0 cm³/mol. The molecule has 18 heavy (non-hydrogen) atoms. The van der Waals surface area contributed by atoms with Gasteiger partial charge in [-0.25, -0.2) is 13.2 Å². The summed E-state index contributed by atoms with van der Waals surface area (Å²) in [6.07, 6.45) is -2.93. The van der Waals surface area contributed by atoms with E-state index < -0.39 is 28.1 Å². The third-order valence-corrected chi connectivity index (χ3v) is 4.24. The second-order valence-corrected chi connectivity index (χ2v) is 6.23. The van der Waals surface area contributed by atoms with Crippen molar-refractivity contribution in [1.82, 2.24) is 0 Å². The zero-order valence-corrected chi connectivity index (χ0v) is 10.3. The maximum Gasteiger partial charge on any atom is 0.412 e. The summed E-state index contributed by atoms with van der Waals surface area (Å²) < 4.78 is 27.3. The molecule has 1 aliphatic heterocycles. The molecule has 98 valence electrons. The summed E-state index contributed by atoms with van der Waals surface area (Å²) in [4.78, 5) is 11.5. The van der Waals surface area contributed by atoms with Crippen LogP contribution in [0, 0.1) is 0 Å². The van der Waals surface area contributed by atoms with Gasteiger partial charge >= 0.3 is 6.09 Å². The van der Waals surface area contributed by atoms with Crippen molar-refractivity contribution in [3.63, 3.8) is 0 Å². The Morgan fingerprint density at radius 2 is 1.94 bits per heavy atom. The molecule has 0 unspecified atom stereocenters. The maximum atomic E-state index is 11.5. The first kappa shape index (κ1) is 12.8. The molecular weight excluding hydrogens is 258 g/mol. The minimum absolute atomic E-state index is 0.337. The number of amides is 1. The summed E-state index contributed by atoms with van der Waals surface area (Å²) in [5.41, 5.74) is 0.540. The smallest absolute Gasteiger partial charge is 0.412 e. The number of carbonyl (C=O) groups is 1. The molecule has 7 heteroatoms. The topological polar surface area (TPSA) is 92.7 Å². The number of anilines is 1. The molecule has 1 heterocycles. The molecule has 0 aromatic heterocycles. The Morgan fingerprint density at radius 3 is 2.50 bits per heavy atom. The lowest BCUT2D eigenvalue weighted by molar-refractivity contribution is 0.0398. The predicted octanol–water partition coefficient (Wildman–Crippen LogP) is 0.393. The Kier molecular flexibility index (Phi) is 3.53. The van der Waals surface area contributed by atoms with Crippen LogP contribution in [0.25, 0.3) is 0 Å². The molecule has 0 spiro atoms. The molecule has 0 aliphatic carbocycles. The van der Waals surface area contributed by atoms with Gasteiger partial charge in [0.1, 0.15) is 12.2 Å². The van der Waals surface area contributed by atoms with Gasteiger partial charge in [0.2, 0.25) is 0 Å². The lowest BCUT2D eigenvalue weighted by Gasteiger charge is -2.14. The van der Waals surface area contributed by atoms with E-state index in [2.05, 4.69) is 5.32 Å². The Hall–Kier alpha value is -1.60. The molecule has 6 nitrogen and oxygen atoms in total. The van der Waals surface area contributed by atoms with Crippen LogP contribution in [0.4, 0.5) is 10.5 Å². The fraction of sp³-hybridized carbons (Fsp3) is 0.364. The number of aliphatic hydroxyl groups is 1. The van der Waals surface area contributed by atoms with Crippen LogP contribution >= 0.6 is 0 Å². The fourth-order valence-electron chi connectivity index (χ4n) is 1.72. The average molecular weight is 271 g/mol.